The van der Waals surface area contributed by atoms with E-state index in [4.69, 9.17) is 27.9 Å². The molecule has 0 saturated carbocycles. The third kappa shape index (κ3) is 4.61. The molecule has 0 heterocycles. The molecule has 120 valence electrons. The van der Waals surface area contributed by atoms with Crippen molar-refractivity contribution in [2.75, 3.05) is 17.2 Å². The van der Waals surface area contributed by atoms with Crippen molar-refractivity contribution in [3.05, 3.63) is 58.1 Å². The van der Waals surface area contributed by atoms with Crippen LogP contribution in [0.25, 0.3) is 0 Å². The molecule has 0 unspecified atom stereocenters. The number of nitrogens with one attached hydrogen (secondary N) is 2. The van der Waals surface area contributed by atoms with Crippen molar-refractivity contribution in [1.82, 2.24) is 0 Å². The Bertz CT molecular complexity index is 735. The molecule has 2 N–H and O–H groups in total. The second-order valence-corrected chi connectivity index (χ2v) is 5.31. The standard InChI is InChI=1S/C16H14Cl2N2O3/c1-2-23-15(21)11-5-3-4-6-13(11)19-16(22)20-14-8-7-10(17)9-12(14)18/h3-9H,2H2,1H3,(H2,19,20,22). The first-order chi connectivity index (χ1) is 11.0. The van der Waals surface area contributed by atoms with Gasteiger partial charge in [-0.3, -0.25) is 0 Å². The van der Waals surface area contributed by atoms with E-state index in [0.29, 0.717) is 21.4 Å². The van der Waals surface area contributed by atoms with Gasteiger partial charge in [0.2, 0.25) is 0 Å². The Kier molecular flexibility index (Phi) is 5.84. The normalized spacial score (nSPS) is 10.0. The Morgan fingerprint density at radius 2 is 1.74 bits per heavy atom. The molecule has 0 aromatic heterocycles. The third-order valence-corrected chi connectivity index (χ3v) is 3.40. The molecule has 5 nitrogen and oxygen atoms in total. The number of para-hydroxylation sites is 1. The first-order valence-corrected chi connectivity index (χ1v) is 7.56. The highest BCUT2D eigenvalue weighted by Gasteiger charge is 2.14. The highest BCUT2D eigenvalue weighted by molar-refractivity contribution is 6.36. The van der Waals surface area contributed by atoms with Gasteiger partial charge in [0, 0.05) is 5.02 Å². The molecule has 23 heavy (non-hydrogen) atoms. The SMILES string of the molecule is CCOC(=O)c1ccccc1NC(=O)Nc1ccc(Cl)cc1Cl. The first-order valence-electron chi connectivity index (χ1n) is 6.80. The minimum atomic E-state index is -0.536. The van der Waals surface area contributed by atoms with E-state index in [1.165, 1.54) is 6.07 Å². The van der Waals surface area contributed by atoms with Crippen LogP contribution in [0, 0.1) is 0 Å². The number of ether oxygens (including phenoxy) is 1. The van der Waals surface area contributed by atoms with Gasteiger partial charge in [-0.25, -0.2) is 9.59 Å². The van der Waals surface area contributed by atoms with Crippen LogP contribution in [0.4, 0.5) is 16.2 Å². The number of hydrogen-bond acceptors (Lipinski definition) is 3. The molecule has 0 aliphatic carbocycles. The van der Waals surface area contributed by atoms with Gasteiger partial charge in [-0.05, 0) is 37.3 Å². The minimum absolute atomic E-state index is 0.250. The van der Waals surface area contributed by atoms with Gasteiger partial charge in [0.15, 0.2) is 0 Å². The number of benzene rings is 2. The predicted octanol–water partition coefficient (Wildman–Crippen LogP) is 4.81. The van der Waals surface area contributed by atoms with Gasteiger partial charge in [0.25, 0.3) is 0 Å². The molecule has 0 fully saturated rings. The van der Waals surface area contributed by atoms with Gasteiger partial charge >= 0.3 is 12.0 Å². The minimum Gasteiger partial charge on any atom is -0.462 e. The van der Waals surface area contributed by atoms with E-state index in [1.54, 1.807) is 43.3 Å². The number of hydrogen-bond donors (Lipinski definition) is 2. The summed E-state index contributed by atoms with van der Waals surface area (Å²) in [4.78, 5) is 24.0. The van der Waals surface area contributed by atoms with Crippen LogP contribution >= 0.6 is 23.2 Å². The topological polar surface area (TPSA) is 67.4 Å². The Morgan fingerprint density at radius 1 is 1.04 bits per heavy atom. The lowest BCUT2D eigenvalue weighted by molar-refractivity contribution is 0.0527. The summed E-state index contributed by atoms with van der Waals surface area (Å²) in [5.41, 5.74) is 1.02. The third-order valence-electron chi connectivity index (χ3n) is 2.85. The summed E-state index contributed by atoms with van der Waals surface area (Å²) >= 11 is 11.8. The fourth-order valence-corrected chi connectivity index (χ4v) is 2.30. The van der Waals surface area contributed by atoms with Crippen molar-refractivity contribution in [2.45, 2.75) is 6.92 Å². The van der Waals surface area contributed by atoms with E-state index in [2.05, 4.69) is 10.6 Å². The Labute approximate surface area is 143 Å². The van der Waals surface area contributed by atoms with Crippen LogP contribution < -0.4 is 10.6 Å². The largest absolute Gasteiger partial charge is 0.462 e. The highest BCUT2D eigenvalue weighted by Crippen LogP contribution is 2.25. The summed E-state index contributed by atoms with van der Waals surface area (Å²) < 4.78 is 4.95. The van der Waals surface area contributed by atoms with E-state index in [1.807, 2.05) is 0 Å². The zero-order valence-corrected chi connectivity index (χ0v) is 13.7. The van der Waals surface area contributed by atoms with Crippen LogP contribution in [0.3, 0.4) is 0 Å². The summed E-state index contributed by atoms with van der Waals surface area (Å²) in [5.74, 6) is -0.507. The van der Waals surface area contributed by atoms with Crippen molar-refractivity contribution < 1.29 is 14.3 Å². The van der Waals surface area contributed by atoms with Crippen LogP contribution in [0.2, 0.25) is 10.0 Å². The van der Waals surface area contributed by atoms with Crippen LogP contribution in [-0.4, -0.2) is 18.6 Å². The van der Waals surface area contributed by atoms with E-state index in [0.717, 1.165) is 0 Å². The van der Waals surface area contributed by atoms with Gasteiger partial charge < -0.3 is 15.4 Å². The second-order valence-electron chi connectivity index (χ2n) is 4.47. The number of esters is 1. The van der Waals surface area contributed by atoms with Crippen molar-refractivity contribution >= 4 is 46.6 Å². The molecular formula is C16H14Cl2N2O3. The lowest BCUT2D eigenvalue weighted by atomic mass is 10.2. The van der Waals surface area contributed by atoms with Crippen molar-refractivity contribution in [2.24, 2.45) is 0 Å². The number of carbonyl (C=O) groups excluding carboxylic acids is 2. The molecule has 0 spiro atoms. The summed E-state index contributed by atoms with van der Waals surface area (Å²) in [7, 11) is 0. The molecule has 0 atom stereocenters. The van der Waals surface area contributed by atoms with E-state index in [-0.39, 0.29) is 12.2 Å². The molecule has 0 aliphatic rings. The van der Waals surface area contributed by atoms with Crippen molar-refractivity contribution in [3.63, 3.8) is 0 Å². The highest BCUT2D eigenvalue weighted by atomic mass is 35.5. The fourth-order valence-electron chi connectivity index (χ4n) is 1.85. The number of rotatable bonds is 4. The lowest BCUT2D eigenvalue weighted by Crippen LogP contribution is -2.21. The zero-order chi connectivity index (χ0) is 16.8. The number of halogens is 2. The van der Waals surface area contributed by atoms with E-state index < -0.39 is 12.0 Å². The summed E-state index contributed by atoms with van der Waals surface area (Å²) in [6.07, 6.45) is 0. The van der Waals surface area contributed by atoms with E-state index in [9.17, 15) is 9.59 Å². The molecule has 0 saturated heterocycles. The molecule has 2 aromatic carbocycles. The molecular weight excluding hydrogens is 339 g/mol. The lowest BCUT2D eigenvalue weighted by Gasteiger charge is -2.12. The Balaban J connectivity index is 2.13. The molecule has 0 radical (unpaired) electrons. The number of amides is 2. The monoisotopic (exact) mass is 352 g/mol. The number of urea groups is 1. The average molecular weight is 353 g/mol. The summed E-state index contributed by atoms with van der Waals surface area (Å²) in [5, 5.41) is 5.97. The fraction of sp³-hybridized carbons (Fsp3) is 0.125. The van der Waals surface area contributed by atoms with Gasteiger partial charge in [-0.15, -0.1) is 0 Å². The van der Waals surface area contributed by atoms with Crippen molar-refractivity contribution in [1.29, 1.82) is 0 Å². The smallest absolute Gasteiger partial charge is 0.340 e. The van der Waals surface area contributed by atoms with Gasteiger partial charge in [-0.2, -0.15) is 0 Å². The zero-order valence-electron chi connectivity index (χ0n) is 12.2. The number of anilines is 2. The second kappa shape index (κ2) is 7.85. The summed E-state index contributed by atoms with van der Waals surface area (Å²) in [6, 6.07) is 10.7. The quantitative estimate of drug-likeness (QED) is 0.775. The van der Waals surface area contributed by atoms with Gasteiger partial charge in [-0.1, -0.05) is 35.3 Å². The van der Waals surface area contributed by atoms with Gasteiger partial charge in [0.1, 0.15) is 0 Å². The molecule has 0 aliphatic heterocycles. The van der Waals surface area contributed by atoms with E-state index >= 15 is 0 Å². The first kappa shape index (κ1) is 17.1. The molecule has 2 amide bonds. The number of carbonyl (C=O) groups is 2. The maximum atomic E-state index is 12.1. The van der Waals surface area contributed by atoms with Crippen molar-refractivity contribution in [3.8, 4) is 0 Å². The molecule has 2 rings (SSSR count). The van der Waals surface area contributed by atoms with Crippen LogP contribution in [0.5, 0.6) is 0 Å². The maximum Gasteiger partial charge on any atom is 0.340 e. The Morgan fingerprint density at radius 3 is 2.43 bits per heavy atom. The molecule has 2 aromatic rings. The molecule has 0 bridgehead atoms. The van der Waals surface area contributed by atoms with Crippen LogP contribution in [-0.2, 0) is 4.74 Å². The van der Waals surface area contributed by atoms with Gasteiger partial charge in [0.05, 0.1) is 28.6 Å². The average Bonchev–Trinajstić information content (AvgIpc) is 2.51. The summed E-state index contributed by atoms with van der Waals surface area (Å²) in [6.45, 7) is 1.96. The van der Waals surface area contributed by atoms with Crippen LogP contribution in [0.1, 0.15) is 17.3 Å². The Hall–Kier alpha value is -2.24. The molecule has 7 heteroatoms. The van der Waals surface area contributed by atoms with Crippen LogP contribution in [0.15, 0.2) is 42.5 Å². The maximum absolute atomic E-state index is 12.1. The predicted molar refractivity (Wildman–Crippen MR) is 91.5 cm³/mol.